The van der Waals surface area contributed by atoms with E-state index in [1.807, 2.05) is 0 Å². The fraction of sp³-hybridized carbons (Fsp3) is 0.818. The second-order valence-corrected chi connectivity index (χ2v) is 4.26. The van der Waals surface area contributed by atoms with Crippen molar-refractivity contribution in [3.63, 3.8) is 0 Å². The maximum absolute atomic E-state index is 6.10. The minimum absolute atomic E-state index is 0.265. The van der Waals surface area contributed by atoms with Gasteiger partial charge in [0, 0.05) is 18.9 Å². The minimum Gasteiger partial charge on any atom is -0.326 e. The molecule has 2 N–H and O–H groups in total. The van der Waals surface area contributed by atoms with Crippen molar-refractivity contribution >= 4 is 0 Å². The second kappa shape index (κ2) is 4.31. The zero-order valence-corrected chi connectivity index (χ0v) is 9.61. The zero-order chi connectivity index (χ0) is 10.8. The van der Waals surface area contributed by atoms with Crippen LogP contribution in [-0.4, -0.2) is 20.8 Å². The van der Waals surface area contributed by atoms with Crippen molar-refractivity contribution in [2.45, 2.75) is 58.0 Å². The lowest BCUT2D eigenvalue weighted by Gasteiger charge is -2.17. The van der Waals surface area contributed by atoms with Gasteiger partial charge in [0.1, 0.15) is 5.82 Å². The third kappa shape index (κ3) is 1.91. The highest BCUT2D eigenvalue weighted by Crippen LogP contribution is 2.29. The van der Waals surface area contributed by atoms with Crippen LogP contribution in [0.15, 0.2) is 0 Å². The van der Waals surface area contributed by atoms with Crippen LogP contribution < -0.4 is 5.73 Å². The van der Waals surface area contributed by atoms with Gasteiger partial charge in [-0.15, -0.1) is 0 Å². The van der Waals surface area contributed by atoms with Crippen molar-refractivity contribution < 1.29 is 0 Å². The molecular formula is C11H20N4. The van der Waals surface area contributed by atoms with Gasteiger partial charge >= 0.3 is 0 Å². The van der Waals surface area contributed by atoms with Gasteiger partial charge in [-0.3, -0.25) is 0 Å². The summed E-state index contributed by atoms with van der Waals surface area (Å²) in [5.74, 6) is 2.04. The molecule has 0 amide bonds. The molecule has 4 nitrogen and oxygen atoms in total. The summed E-state index contributed by atoms with van der Waals surface area (Å²) < 4.78 is 2.08. The fourth-order valence-corrected chi connectivity index (χ4v) is 2.33. The highest BCUT2D eigenvalue weighted by Gasteiger charge is 2.28. The standard InChI is InChI=1S/C11H20N4/c1-3-10-13-11(4-2)15(14-10)9-7-5-6-8(9)12/h8-9H,3-7,12H2,1-2H3. The molecule has 0 aromatic carbocycles. The van der Waals surface area contributed by atoms with Crippen LogP contribution in [0.4, 0.5) is 0 Å². The Kier molecular flexibility index (Phi) is 3.05. The summed E-state index contributed by atoms with van der Waals surface area (Å²) in [4.78, 5) is 4.52. The van der Waals surface area contributed by atoms with Gasteiger partial charge in [-0.1, -0.05) is 13.8 Å². The average molecular weight is 208 g/mol. The molecule has 2 atom stereocenters. The Balaban J connectivity index is 2.29. The Labute approximate surface area is 90.9 Å². The number of nitrogens with two attached hydrogens (primary N) is 1. The predicted molar refractivity (Wildman–Crippen MR) is 59.6 cm³/mol. The Bertz CT molecular complexity index is 331. The van der Waals surface area contributed by atoms with Crippen LogP contribution in [0, 0.1) is 0 Å². The molecule has 0 aliphatic heterocycles. The normalized spacial score (nSPS) is 26.1. The largest absolute Gasteiger partial charge is 0.326 e. The molecule has 2 rings (SSSR count). The molecule has 1 fully saturated rings. The maximum atomic E-state index is 6.10. The SMILES string of the molecule is CCc1nc(CC)n(C2CCCC2N)n1. The van der Waals surface area contributed by atoms with Crippen molar-refractivity contribution in [2.75, 3.05) is 0 Å². The summed E-state index contributed by atoms with van der Waals surface area (Å²) in [6.45, 7) is 4.22. The van der Waals surface area contributed by atoms with E-state index in [2.05, 4.69) is 28.6 Å². The summed E-state index contributed by atoms with van der Waals surface area (Å²) in [7, 11) is 0. The van der Waals surface area contributed by atoms with Crippen molar-refractivity contribution in [1.29, 1.82) is 0 Å². The number of nitrogens with zero attached hydrogens (tertiary/aromatic N) is 3. The van der Waals surface area contributed by atoms with Crippen LogP contribution in [-0.2, 0) is 12.8 Å². The van der Waals surface area contributed by atoms with Crippen LogP contribution in [0.2, 0.25) is 0 Å². The lowest BCUT2D eigenvalue weighted by atomic mass is 10.2. The summed E-state index contributed by atoms with van der Waals surface area (Å²) in [5, 5.41) is 4.56. The van der Waals surface area contributed by atoms with Crippen LogP contribution in [0.1, 0.15) is 50.8 Å². The molecular weight excluding hydrogens is 188 g/mol. The molecule has 1 aromatic heterocycles. The van der Waals surface area contributed by atoms with Crippen molar-refractivity contribution in [1.82, 2.24) is 14.8 Å². The third-order valence-electron chi connectivity index (χ3n) is 3.22. The van der Waals surface area contributed by atoms with E-state index in [4.69, 9.17) is 5.73 Å². The fourth-order valence-electron chi connectivity index (χ4n) is 2.33. The van der Waals surface area contributed by atoms with Crippen LogP contribution in [0.5, 0.6) is 0 Å². The van der Waals surface area contributed by atoms with E-state index in [0.717, 1.165) is 37.3 Å². The molecule has 0 saturated heterocycles. The summed E-state index contributed by atoms with van der Waals surface area (Å²) >= 11 is 0. The van der Waals surface area contributed by atoms with Gasteiger partial charge in [0.25, 0.3) is 0 Å². The molecule has 1 heterocycles. The highest BCUT2D eigenvalue weighted by molar-refractivity contribution is 4.98. The van der Waals surface area contributed by atoms with Crippen molar-refractivity contribution in [3.05, 3.63) is 11.6 Å². The summed E-state index contributed by atoms with van der Waals surface area (Å²) in [6.07, 6.45) is 5.34. The van der Waals surface area contributed by atoms with E-state index in [1.165, 1.54) is 6.42 Å². The number of hydrogen-bond donors (Lipinski definition) is 1. The monoisotopic (exact) mass is 208 g/mol. The van der Waals surface area contributed by atoms with Gasteiger partial charge in [-0.2, -0.15) is 5.10 Å². The molecule has 0 radical (unpaired) electrons. The summed E-state index contributed by atoms with van der Waals surface area (Å²) in [5.41, 5.74) is 6.10. The first-order valence-electron chi connectivity index (χ1n) is 5.96. The van der Waals surface area contributed by atoms with Gasteiger partial charge in [-0.25, -0.2) is 9.67 Å². The molecule has 4 heteroatoms. The van der Waals surface area contributed by atoms with Gasteiger partial charge in [0.05, 0.1) is 6.04 Å². The van der Waals surface area contributed by atoms with Gasteiger partial charge < -0.3 is 5.73 Å². The van der Waals surface area contributed by atoms with E-state index in [1.54, 1.807) is 0 Å². The van der Waals surface area contributed by atoms with Crippen LogP contribution >= 0.6 is 0 Å². The molecule has 1 aliphatic rings. The molecule has 15 heavy (non-hydrogen) atoms. The average Bonchev–Trinajstić information content (AvgIpc) is 2.82. The third-order valence-corrected chi connectivity index (χ3v) is 3.22. The smallest absolute Gasteiger partial charge is 0.150 e. The van der Waals surface area contributed by atoms with Crippen LogP contribution in [0.3, 0.4) is 0 Å². The Hall–Kier alpha value is -0.900. The molecule has 2 unspecified atom stereocenters. The lowest BCUT2D eigenvalue weighted by molar-refractivity contribution is 0.406. The lowest BCUT2D eigenvalue weighted by Crippen LogP contribution is -2.29. The minimum atomic E-state index is 0.265. The molecule has 1 aliphatic carbocycles. The van der Waals surface area contributed by atoms with Crippen molar-refractivity contribution in [3.8, 4) is 0 Å². The first-order valence-corrected chi connectivity index (χ1v) is 5.96. The molecule has 1 aromatic rings. The first kappa shape index (κ1) is 10.6. The zero-order valence-electron chi connectivity index (χ0n) is 9.61. The van der Waals surface area contributed by atoms with Gasteiger partial charge in [-0.05, 0) is 19.3 Å². The Morgan fingerprint density at radius 3 is 2.67 bits per heavy atom. The predicted octanol–water partition coefficient (Wildman–Crippen LogP) is 1.46. The van der Waals surface area contributed by atoms with E-state index >= 15 is 0 Å². The van der Waals surface area contributed by atoms with E-state index in [9.17, 15) is 0 Å². The van der Waals surface area contributed by atoms with Crippen molar-refractivity contribution in [2.24, 2.45) is 5.73 Å². The first-order chi connectivity index (χ1) is 7.26. The summed E-state index contributed by atoms with van der Waals surface area (Å²) in [6, 6.07) is 0.648. The highest BCUT2D eigenvalue weighted by atomic mass is 15.4. The Morgan fingerprint density at radius 1 is 1.33 bits per heavy atom. The van der Waals surface area contributed by atoms with E-state index < -0.39 is 0 Å². The molecule has 1 saturated carbocycles. The number of hydrogen-bond acceptors (Lipinski definition) is 3. The number of rotatable bonds is 3. The number of aromatic nitrogens is 3. The molecule has 0 spiro atoms. The van der Waals surface area contributed by atoms with E-state index in [-0.39, 0.29) is 6.04 Å². The molecule has 0 bridgehead atoms. The van der Waals surface area contributed by atoms with Gasteiger partial charge in [0.15, 0.2) is 5.82 Å². The molecule has 84 valence electrons. The topological polar surface area (TPSA) is 56.7 Å². The number of aryl methyl sites for hydroxylation is 2. The second-order valence-electron chi connectivity index (χ2n) is 4.26. The van der Waals surface area contributed by atoms with Gasteiger partial charge in [0.2, 0.25) is 0 Å². The maximum Gasteiger partial charge on any atom is 0.150 e. The van der Waals surface area contributed by atoms with Crippen LogP contribution in [0.25, 0.3) is 0 Å². The van der Waals surface area contributed by atoms with E-state index in [0.29, 0.717) is 6.04 Å². The Morgan fingerprint density at radius 2 is 2.13 bits per heavy atom. The quantitative estimate of drug-likeness (QED) is 0.818.